The predicted molar refractivity (Wildman–Crippen MR) is 101 cm³/mol. The Bertz CT molecular complexity index is 935. The molecule has 0 saturated carbocycles. The number of carbonyl (C=O) groups is 1. The van der Waals surface area contributed by atoms with E-state index in [0.717, 1.165) is 27.9 Å². The van der Waals surface area contributed by atoms with Crippen LogP contribution >= 0.6 is 11.3 Å². The van der Waals surface area contributed by atoms with E-state index in [1.54, 1.807) is 11.8 Å². The summed E-state index contributed by atoms with van der Waals surface area (Å²) >= 11 is 1.49. The first-order chi connectivity index (χ1) is 12.7. The Morgan fingerprint density at radius 2 is 2.35 bits per heavy atom. The van der Waals surface area contributed by atoms with Gasteiger partial charge in [-0.3, -0.25) is 9.48 Å². The average molecular weight is 371 g/mol. The number of aromatic nitrogens is 3. The molecule has 2 aromatic heterocycles. The van der Waals surface area contributed by atoms with E-state index < -0.39 is 0 Å². The van der Waals surface area contributed by atoms with E-state index in [2.05, 4.69) is 20.7 Å². The van der Waals surface area contributed by atoms with E-state index in [1.807, 2.05) is 37.6 Å². The number of aryl methyl sites for hydroxylation is 1. The van der Waals surface area contributed by atoms with Gasteiger partial charge in [0.1, 0.15) is 0 Å². The third kappa shape index (κ3) is 3.23. The number of fused-ring (bicyclic) bond motifs is 1. The van der Waals surface area contributed by atoms with Crippen LogP contribution in [0.2, 0.25) is 0 Å². The quantitative estimate of drug-likeness (QED) is 0.718. The molecule has 0 aliphatic carbocycles. The minimum atomic E-state index is -0.135. The molecule has 2 N–H and O–H groups in total. The van der Waals surface area contributed by atoms with Crippen LogP contribution in [0.5, 0.6) is 0 Å². The zero-order valence-electron chi connectivity index (χ0n) is 14.7. The van der Waals surface area contributed by atoms with Gasteiger partial charge in [0.2, 0.25) is 5.91 Å². The van der Waals surface area contributed by atoms with Crippen molar-refractivity contribution in [3.63, 3.8) is 0 Å². The number of hydrogen-bond donors (Lipinski definition) is 2. The molecule has 0 spiro atoms. The number of para-hydroxylation sites is 1. The van der Waals surface area contributed by atoms with Crippen LogP contribution < -0.4 is 10.6 Å². The van der Waals surface area contributed by atoms with Crippen LogP contribution in [-0.4, -0.2) is 40.9 Å². The SMILES string of the molecule is COCc1cccc2sc(NC(=O)[C@H]3CNC[C@@H]3c3cnn(C)c3)nc12. The molecule has 8 heteroatoms. The van der Waals surface area contributed by atoms with Gasteiger partial charge in [-0.15, -0.1) is 0 Å². The maximum Gasteiger partial charge on any atom is 0.231 e. The third-order valence-electron chi connectivity index (χ3n) is 4.74. The number of ether oxygens (including phenoxy) is 1. The first kappa shape index (κ1) is 17.1. The second kappa shape index (κ2) is 7.14. The zero-order valence-corrected chi connectivity index (χ0v) is 15.5. The van der Waals surface area contributed by atoms with Gasteiger partial charge in [0, 0.05) is 44.9 Å². The predicted octanol–water partition coefficient (Wildman–Crippen LogP) is 2.12. The lowest BCUT2D eigenvalue weighted by Crippen LogP contribution is -2.27. The Hall–Kier alpha value is -2.29. The van der Waals surface area contributed by atoms with E-state index in [-0.39, 0.29) is 17.7 Å². The van der Waals surface area contributed by atoms with Crippen molar-refractivity contribution >= 4 is 32.6 Å². The van der Waals surface area contributed by atoms with Crippen LogP contribution in [-0.2, 0) is 23.2 Å². The maximum atomic E-state index is 12.9. The van der Waals surface area contributed by atoms with E-state index >= 15 is 0 Å². The minimum absolute atomic E-state index is 0.00352. The Labute approximate surface area is 155 Å². The van der Waals surface area contributed by atoms with Gasteiger partial charge >= 0.3 is 0 Å². The molecule has 1 fully saturated rings. The van der Waals surface area contributed by atoms with Gasteiger partial charge in [0.25, 0.3) is 0 Å². The van der Waals surface area contributed by atoms with E-state index in [9.17, 15) is 4.79 Å². The molecule has 0 radical (unpaired) electrons. The molecule has 2 atom stereocenters. The molecule has 0 bridgehead atoms. The van der Waals surface area contributed by atoms with Crippen molar-refractivity contribution in [2.24, 2.45) is 13.0 Å². The van der Waals surface area contributed by atoms with Gasteiger partial charge in [0.15, 0.2) is 5.13 Å². The monoisotopic (exact) mass is 371 g/mol. The van der Waals surface area contributed by atoms with Gasteiger partial charge in [-0.05, 0) is 11.6 Å². The van der Waals surface area contributed by atoms with Crippen molar-refractivity contribution in [3.8, 4) is 0 Å². The average Bonchev–Trinajstić information content (AvgIpc) is 3.33. The first-order valence-electron chi connectivity index (χ1n) is 8.53. The van der Waals surface area contributed by atoms with E-state index in [4.69, 9.17) is 4.74 Å². The van der Waals surface area contributed by atoms with Crippen molar-refractivity contribution in [2.45, 2.75) is 12.5 Å². The number of benzene rings is 1. The Balaban J connectivity index is 1.54. The van der Waals surface area contributed by atoms with Crippen molar-refractivity contribution in [1.29, 1.82) is 0 Å². The number of nitrogens with zero attached hydrogens (tertiary/aromatic N) is 3. The fourth-order valence-corrected chi connectivity index (χ4v) is 4.38. The summed E-state index contributed by atoms with van der Waals surface area (Å²) in [5.41, 5.74) is 3.00. The lowest BCUT2D eigenvalue weighted by atomic mass is 9.90. The van der Waals surface area contributed by atoms with E-state index in [0.29, 0.717) is 18.3 Å². The first-order valence-corrected chi connectivity index (χ1v) is 9.35. The third-order valence-corrected chi connectivity index (χ3v) is 5.67. The fourth-order valence-electron chi connectivity index (χ4n) is 3.47. The molecule has 26 heavy (non-hydrogen) atoms. The smallest absolute Gasteiger partial charge is 0.231 e. The summed E-state index contributed by atoms with van der Waals surface area (Å²) < 4.78 is 8.05. The standard InChI is InChI=1S/C18H21N5O2S/c1-23-9-12(6-20-23)13-7-19-8-14(13)17(24)22-18-21-16-11(10-25-2)4-3-5-15(16)26-18/h3-6,9,13-14,19H,7-8,10H2,1-2H3,(H,21,22,24)/t13-,14+/m1/s1. The lowest BCUT2D eigenvalue weighted by molar-refractivity contribution is -0.119. The number of hydrogen-bond acceptors (Lipinski definition) is 6. The van der Waals surface area contributed by atoms with Gasteiger partial charge < -0.3 is 15.4 Å². The molecule has 136 valence electrons. The van der Waals surface area contributed by atoms with Gasteiger partial charge in [-0.25, -0.2) is 4.98 Å². The summed E-state index contributed by atoms with van der Waals surface area (Å²) in [5.74, 6) is -0.0111. The summed E-state index contributed by atoms with van der Waals surface area (Å²) in [6, 6.07) is 5.99. The minimum Gasteiger partial charge on any atom is -0.380 e. The number of rotatable bonds is 5. The maximum absolute atomic E-state index is 12.9. The molecule has 1 saturated heterocycles. The number of methoxy groups -OCH3 is 1. The largest absolute Gasteiger partial charge is 0.380 e. The van der Waals surface area contributed by atoms with Gasteiger partial charge in [-0.1, -0.05) is 23.5 Å². The van der Waals surface area contributed by atoms with Crippen LogP contribution in [0.15, 0.2) is 30.6 Å². The number of thiazole rings is 1. The number of nitrogens with one attached hydrogen (secondary N) is 2. The molecule has 1 amide bonds. The number of anilines is 1. The van der Waals surface area contributed by atoms with E-state index in [1.165, 1.54) is 11.3 Å². The highest BCUT2D eigenvalue weighted by molar-refractivity contribution is 7.22. The van der Waals surface area contributed by atoms with Crippen LogP contribution in [0.3, 0.4) is 0 Å². The van der Waals surface area contributed by atoms with Gasteiger partial charge in [-0.2, -0.15) is 5.10 Å². The topological polar surface area (TPSA) is 81.1 Å². The molecule has 1 aliphatic rings. The second-order valence-electron chi connectivity index (χ2n) is 6.52. The lowest BCUT2D eigenvalue weighted by Gasteiger charge is -2.15. The van der Waals surface area contributed by atoms with Crippen molar-refractivity contribution in [3.05, 3.63) is 41.7 Å². The fraction of sp³-hybridized carbons (Fsp3) is 0.389. The van der Waals surface area contributed by atoms with Crippen LogP contribution in [0.25, 0.3) is 10.2 Å². The van der Waals surface area contributed by atoms with Gasteiger partial charge in [0.05, 0.1) is 28.9 Å². The normalized spacial score (nSPS) is 19.9. The van der Waals surface area contributed by atoms with Crippen molar-refractivity contribution in [2.75, 3.05) is 25.5 Å². The Morgan fingerprint density at radius 3 is 3.12 bits per heavy atom. The molecular weight excluding hydrogens is 350 g/mol. The number of amides is 1. The molecule has 3 heterocycles. The highest BCUT2D eigenvalue weighted by atomic mass is 32.1. The van der Waals surface area contributed by atoms with Crippen LogP contribution in [0.4, 0.5) is 5.13 Å². The second-order valence-corrected chi connectivity index (χ2v) is 7.55. The molecule has 4 rings (SSSR count). The molecule has 3 aromatic rings. The highest BCUT2D eigenvalue weighted by Gasteiger charge is 2.35. The van der Waals surface area contributed by atoms with Crippen molar-refractivity contribution < 1.29 is 9.53 Å². The number of carbonyl (C=O) groups excluding carboxylic acids is 1. The molecule has 1 aromatic carbocycles. The highest BCUT2D eigenvalue weighted by Crippen LogP contribution is 2.32. The Morgan fingerprint density at radius 1 is 1.46 bits per heavy atom. The van der Waals surface area contributed by atoms with Crippen LogP contribution in [0, 0.1) is 5.92 Å². The van der Waals surface area contributed by atoms with Crippen molar-refractivity contribution in [1.82, 2.24) is 20.1 Å². The zero-order chi connectivity index (χ0) is 18.1. The molecule has 1 aliphatic heterocycles. The molecular formula is C18H21N5O2S. The summed E-state index contributed by atoms with van der Waals surface area (Å²) in [6.45, 7) is 1.94. The summed E-state index contributed by atoms with van der Waals surface area (Å²) in [4.78, 5) is 17.5. The van der Waals surface area contributed by atoms with Crippen LogP contribution in [0.1, 0.15) is 17.0 Å². The summed E-state index contributed by atoms with van der Waals surface area (Å²) in [6.07, 6.45) is 3.82. The summed E-state index contributed by atoms with van der Waals surface area (Å²) in [7, 11) is 3.55. The molecule has 7 nitrogen and oxygen atoms in total. The summed E-state index contributed by atoms with van der Waals surface area (Å²) in [5, 5.41) is 11.2. The Kier molecular flexibility index (Phi) is 4.71. The molecule has 0 unspecified atom stereocenters.